The highest BCUT2D eigenvalue weighted by Crippen LogP contribution is 2.21. The fourth-order valence-corrected chi connectivity index (χ4v) is 3.39. The molecule has 0 aliphatic heterocycles. The van der Waals surface area contributed by atoms with Crippen LogP contribution in [-0.4, -0.2) is 25.5 Å². The topological polar surface area (TPSA) is 83.5 Å². The molecule has 1 unspecified atom stereocenters. The quantitative estimate of drug-likeness (QED) is 0.838. The summed E-state index contributed by atoms with van der Waals surface area (Å²) in [5, 5.41) is 8.93. The van der Waals surface area contributed by atoms with Gasteiger partial charge in [0.05, 0.1) is 5.75 Å². The number of benzene rings is 1. The minimum absolute atomic E-state index is 0.0215. The second-order valence-corrected chi connectivity index (χ2v) is 6.80. The summed E-state index contributed by atoms with van der Waals surface area (Å²) in [6.07, 6.45) is 0. The molecule has 0 amide bonds. The Kier molecular flexibility index (Phi) is 5.50. The molecular weight excluding hydrogens is 309 g/mol. The number of rotatable bonds is 6. The fourth-order valence-electron chi connectivity index (χ4n) is 1.57. The molecule has 0 radical (unpaired) electrons. The zero-order chi connectivity index (χ0) is 15.5. The molecule has 0 saturated heterocycles. The number of halogens is 2. The van der Waals surface area contributed by atoms with Crippen LogP contribution in [0.1, 0.15) is 19.4 Å². The Balaban J connectivity index is 2.98. The highest BCUT2D eigenvalue weighted by atomic mass is 35.5. The van der Waals surface area contributed by atoms with E-state index in [1.807, 2.05) is 4.72 Å². The highest BCUT2D eigenvalue weighted by Gasteiger charge is 2.28. The number of hydrogen-bond donors (Lipinski definition) is 2. The van der Waals surface area contributed by atoms with Crippen LogP contribution >= 0.6 is 11.6 Å². The summed E-state index contributed by atoms with van der Waals surface area (Å²) in [5.41, 5.74) is -0.186. The molecule has 0 spiro atoms. The summed E-state index contributed by atoms with van der Waals surface area (Å²) in [7, 11) is -4.02. The van der Waals surface area contributed by atoms with Crippen LogP contribution in [0.5, 0.6) is 0 Å². The maximum atomic E-state index is 13.5. The van der Waals surface area contributed by atoms with E-state index >= 15 is 0 Å². The van der Waals surface area contributed by atoms with Crippen molar-refractivity contribution < 1.29 is 22.7 Å². The van der Waals surface area contributed by atoms with Crippen molar-refractivity contribution in [3.05, 3.63) is 34.6 Å². The first-order chi connectivity index (χ1) is 9.14. The zero-order valence-electron chi connectivity index (χ0n) is 10.9. The van der Waals surface area contributed by atoms with Crippen LogP contribution in [0.3, 0.4) is 0 Å². The van der Waals surface area contributed by atoms with Crippen LogP contribution < -0.4 is 4.72 Å². The molecule has 1 aromatic carbocycles. The van der Waals surface area contributed by atoms with Gasteiger partial charge in [0.1, 0.15) is 11.9 Å². The third kappa shape index (κ3) is 4.43. The standard InChI is InChI=1S/C12H15ClFNO4S/c1-7(2)11(12(16)17)15-20(18,19)6-8-9(13)4-3-5-10(8)14/h3-5,7,11,15H,6H2,1-2H3,(H,16,17). The number of carboxylic acids is 1. The number of sulfonamides is 1. The van der Waals surface area contributed by atoms with Gasteiger partial charge in [0, 0.05) is 10.6 Å². The smallest absolute Gasteiger partial charge is 0.321 e. The van der Waals surface area contributed by atoms with Crippen molar-refractivity contribution in [1.82, 2.24) is 4.72 Å². The van der Waals surface area contributed by atoms with E-state index in [1.165, 1.54) is 12.1 Å². The molecule has 8 heteroatoms. The van der Waals surface area contributed by atoms with Gasteiger partial charge in [-0.15, -0.1) is 0 Å². The highest BCUT2D eigenvalue weighted by molar-refractivity contribution is 7.88. The second kappa shape index (κ2) is 6.51. The van der Waals surface area contributed by atoms with Gasteiger partial charge in [0.15, 0.2) is 0 Å². The fraction of sp³-hybridized carbons (Fsp3) is 0.417. The van der Waals surface area contributed by atoms with E-state index in [0.717, 1.165) is 6.07 Å². The number of hydrogen-bond acceptors (Lipinski definition) is 3. The largest absolute Gasteiger partial charge is 0.480 e. The summed E-state index contributed by atoms with van der Waals surface area (Å²) in [6, 6.07) is 2.54. The van der Waals surface area contributed by atoms with E-state index in [4.69, 9.17) is 16.7 Å². The third-order valence-electron chi connectivity index (χ3n) is 2.64. The van der Waals surface area contributed by atoms with E-state index < -0.39 is 39.5 Å². The van der Waals surface area contributed by atoms with Gasteiger partial charge in [-0.1, -0.05) is 31.5 Å². The molecule has 112 valence electrons. The molecule has 0 saturated carbocycles. The zero-order valence-corrected chi connectivity index (χ0v) is 12.5. The van der Waals surface area contributed by atoms with Gasteiger partial charge in [-0.2, -0.15) is 0 Å². The summed E-state index contributed by atoms with van der Waals surface area (Å²) in [4.78, 5) is 11.0. The molecule has 0 fully saturated rings. The Bertz CT molecular complexity index is 583. The molecule has 1 atom stereocenters. The van der Waals surface area contributed by atoms with Crippen molar-refractivity contribution in [2.75, 3.05) is 0 Å². The minimum atomic E-state index is -4.02. The Morgan fingerprint density at radius 1 is 1.45 bits per heavy atom. The first kappa shape index (κ1) is 16.9. The Hall–Kier alpha value is -1.18. The summed E-state index contributed by atoms with van der Waals surface area (Å²) >= 11 is 5.75. The van der Waals surface area contributed by atoms with Crippen LogP contribution in [0, 0.1) is 11.7 Å². The summed E-state index contributed by atoms with van der Waals surface area (Å²) in [6.45, 7) is 3.13. The van der Waals surface area contributed by atoms with Crippen molar-refractivity contribution in [2.45, 2.75) is 25.6 Å². The molecule has 0 bridgehead atoms. The number of nitrogens with one attached hydrogen (secondary N) is 1. The summed E-state index contributed by atoms with van der Waals surface area (Å²) < 4.78 is 39.4. The van der Waals surface area contributed by atoms with Crippen molar-refractivity contribution in [3.8, 4) is 0 Å². The average Bonchev–Trinajstić information content (AvgIpc) is 2.30. The molecule has 0 aliphatic rings. The van der Waals surface area contributed by atoms with Crippen LogP contribution in [0.25, 0.3) is 0 Å². The molecule has 0 aliphatic carbocycles. The molecule has 1 rings (SSSR count). The van der Waals surface area contributed by atoms with Gasteiger partial charge in [0.2, 0.25) is 10.0 Å². The van der Waals surface area contributed by atoms with Gasteiger partial charge >= 0.3 is 5.97 Å². The van der Waals surface area contributed by atoms with E-state index in [-0.39, 0.29) is 10.6 Å². The van der Waals surface area contributed by atoms with Gasteiger partial charge in [-0.05, 0) is 18.1 Å². The minimum Gasteiger partial charge on any atom is -0.480 e. The van der Waals surface area contributed by atoms with Crippen molar-refractivity contribution in [3.63, 3.8) is 0 Å². The van der Waals surface area contributed by atoms with E-state index in [2.05, 4.69) is 0 Å². The number of carbonyl (C=O) groups is 1. The second-order valence-electron chi connectivity index (χ2n) is 4.64. The van der Waals surface area contributed by atoms with Crippen LogP contribution in [-0.2, 0) is 20.6 Å². The predicted octanol–water partition coefficient (Wildman–Crippen LogP) is 2.01. The Morgan fingerprint density at radius 3 is 2.50 bits per heavy atom. The lowest BCUT2D eigenvalue weighted by atomic mass is 10.1. The molecular formula is C12H15ClFNO4S. The lowest BCUT2D eigenvalue weighted by molar-refractivity contribution is -0.140. The first-order valence-corrected chi connectivity index (χ1v) is 7.83. The average molecular weight is 324 g/mol. The maximum Gasteiger partial charge on any atom is 0.321 e. The predicted molar refractivity (Wildman–Crippen MR) is 73.4 cm³/mol. The lowest BCUT2D eigenvalue weighted by Gasteiger charge is -2.18. The number of aliphatic carboxylic acids is 1. The third-order valence-corrected chi connectivity index (χ3v) is 4.27. The van der Waals surface area contributed by atoms with Crippen LogP contribution in [0.2, 0.25) is 5.02 Å². The van der Waals surface area contributed by atoms with Gasteiger partial charge in [-0.3, -0.25) is 4.79 Å². The molecule has 5 nitrogen and oxygen atoms in total. The SMILES string of the molecule is CC(C)C(NS(=O)(=O)Cc1c(F)cccc1Cl)C(=O)O. The van der Waals surface area contributed by atoms with Gasteiger partial charge in [0.25, 0.3) is 0 Å². The maximum absolute atomic E-state index is 13.5. The molecule has 0 aromatic heterocycles. The summed E-state index contributed by atoms with van der Waals surface area (Å²) in [5.74, 6) is -3.20. The van der Waals surface area contributed by atoms with Crippen LogP contribution in [0.15, 0.2) is 18.2 Å². The van der Waals surface area contributed by atoms with Gasteiger partial charge in [-0.25, -0.2) is 17.5 Å². The van der Waals surface area contributed by atoms with Crippen molar-refractivity contribution >= 4 is 27.6 Å². The normalized spacial score (nSPS) is 13.4. The molecule has 1 aromatic rings. The molecule has 2 N–H and O–H groups in total. The first-order valence-electron chi connectivity index (χ1n) is 5.79. The van der Waals surface area contributed by atoms with E-state index in [0.29, 0.717) is 0 Å². The Morgan fingerprint density at radius 2 is 2.05 bits per heavy atom. The van der Waals surface area contributed by atoms with Crippen molar-refractivity contribution in [1.29, 1.82) is 0 Å². The lowest BCUT2D eigenvalue weighted by Crippen LogP contribution is -2.44. The molecule has 0 heterocycles. The van der Waals surface area contributed by atoms with Gasteiger partial charge < -0.3 is 5.11 Å². The van der Waals surface area contributed by atoms with Crippen molar-refractivity contribution in [2.24, 2.45) is 5.92 Å². The van der Waals surface area contributed by atoms with Crippen LogP contribution in [0.4, 0.5) is 4.39 Å². The monoisotopic (exact) mass is 323 g/mol. The Labute approximate surface area is 121 Å². The molecule has 20 heavy (non-hydrogen) atoms. The van der Waals surface area contributed by atoms with E-state index in [9.17, 15) is 17.6 Å². The number of carboxylic acid groups (broad SMARTS) is 1. The van der Waals surface area contributed by atoms with E-state index in [1.54, 1.807) is 13.8 Å².